The van der Waals surface area contributed by atoms with Crippen LogP contribution in [0.2, 0.25) is 0 Å². The van der Waals surface area contributed by atoms with E-state index >= 15 is 0 Å². The molecule has 24 heavy (non-hydrogen) atoms. The molecule has 0 atom stereocenters. The molecule has 0 aliphatic rings. The predicted molar refractivity (Wildman–Crippen MR) is 90.3 cm³/mol. The third-order valence-electron chi connectivity index (χ3n) is 2.81. The molecule has 0 saturated carbocycles. The molecule has 0 aliphatic carbocycles. The predicted octanol–water partition coefficient (Wildman–Crippen LogP) is 5.64. The maximum absolute atomic E-state index is 13.3. The van der Waals surface area contributed by atoms with Crippen LogP contribution in [-0.2, 0) is 4.74 Å². The summed E-state index contributed by atoms with van der Waals surface area (Å²) in [4.78, 5) is 0.510. The molecule has 0 amide bonds. The summed E-state index contributed by atoms with van der Waals surface area (Å²) in [7, 11) is 0. The van der Waals surface area contributed by atoms with Gasteiger partial charge >= 0.3 is 6.18 Å². The molecule has 0 spiro atoms. The van der Waals surface area contributed by atoms with Gasteiger partial charge in [-0.2, -0.15) is 13.2 Å². The van der Waals surface area contributed by atoms with Crippen LogP contribution >= 0.6 is 11.8 Å². The Bertz CT molecular complexity index is 741. The quantitative estimate of drug-likeness (QED) is 0.402. The van der Waals surface area contributed by atoms with Gasteiger partial charge in [-0.3, -0.25) is 0 Å². The Morgan fingerprint density at radius 1 is 1.00 bits per heavy atom. The monoisotopic (exact) mass is 348 g/mol. The van der Waals surface area contributed by atoms with Gasteiger partial charge in [-0.25, -0.2) is 0 Å². The van der Waals surface area contributed by atoms with Gasteiger partial charge in [-0.05, 0) is 31.2 Å². The summed E-state index contributed by atoms with van der Waals surface area (Å²) in [5, 5.41) is 0. The summed E-state index contributed by atoms with van der Waals surface area (Å²) >= 11 is 0.944. The van der Waals surface area contributed by atoms with E-state index in [1.165, 1.54) is 6.92 Å². The smallest absolute Gasteiger partial charge is 0.450 e. The fraction of sp³-hybridized carbons (Fsp3) is 0.158. The molecule has 0 bridgehead atoms. The summed E-state index contributed by atoms with van der Waals surface area (Å²) in [6.45, 7) is 1.43. The van der Waals surface area contributed by atoms with Gasteiger partial charge in [-0.15, -0.1) is 0 Å². The van der Waals surface area contributed by atoms with Gasteiger partial charge < -0.3 is 4.74 Å². The van der Waals surface area contributed by atoms with E-state index in [2.05, 4.69) is 11.8 Å². The number of halogens is 3. The first-order valence-electron chi connectivity index (χ1n) is 7.25. The number of allylic oxidation sites excluding steroid dienone is 2. The van der Waals surface area contributed by atoms with Crippen LogP contribution in [0.4, 0.5) is 13.2 Å². The van der Waals surface area contributed by atoms with Crippen LogP contribution in [0.1, 0.15) is 12.5 Å². The fourth-order valence-electron chi connectivity index (χ4n) is 1.81. The number of rotatable bonds is 4. The molecule has 5 heteroatoms. The highest BCUT2D eigenvalue weighted by Gasteiger charge is 2.38. The average molecular weight is 348 g/mol. The molecule has 0 radical (unpaired) electrons. The lowest BCUT2D eigenvalue weighted by Crippen LogP contribution is -2.16. The SMILES string of the molecule is CCO/C(=C(\C#Cc1ccccc1)Sc1ccccc1)C(F)(F)F. The first-order valence-corrected chi connectivity index (χ1v) is 8.06. The minimum Gasteiger partial charge on any atom is -0.488 e. The summed E-state index contributed by atoms with van der Waals surface area (Å²) in [6, 6.07) is 17.7. The number of hydrogen-bond acceptors (Lipinski definition) is 2. The number of hydrogen-bond donors (Lipinski definition) is 0. The molecule has 0 aliphatic heterocycles. The van der Waals surface area contributed by atoms with Crippen LogP contribution in [0.5, 0.6) is 0 Å². The van der Waals surface area contributed by atoms with Crippen LogP contribution in [0.15, 0.2) is 76.2 Å². The van der Waals surface area contributed by atoms with Crippen molar-refractivity contribution in [1.29, 1.82) is 0 Å². The molecule has 0 heterocycles. The van der Waals surface area contributed by atoms with E-state index in [9.17, 15) is 13.2 Å². The molecule has 2 aromatic rings. The minimum absolute atomic E-state index is 0.0826. The maximum atomic E-state index is 13.3. The largest absolute Gasteiger partial charge is 0.488 e. The van der Waals surface area contributed by atoms with Crippen molar-refractivity contribution in [3.63, 3.8) is 0 Å². The second-order valence-electron chi connectivity index (χ2n) is 4.62. The molecule has 124 valence electrons. The molecule has 0 unspecified atom stereocenters. The van der Waals surface area contributed by atoms with Gasteiger partial charge in [0.15, 0.2) is 0 Å². The van der Waals surface area contributed by atoms with Crippen molar-refractivity contribution < 1.29 is 17.9 Å². The third kappa shape index (κ3) is 5.39. The summed E-state index contributed by atoms with van der Waals surface area (Å²) in [5.74, 6) is 4.34. The minimum atomic E-state index is -4.60. The van der Waals surface area contributed by atoms with Crippen LogP contribution in [0.3, 0.4) is 0 Å². The van der Waals surface area contributed by atoms with Crippen LogP contribution in [-0.4, -0.2) is 12.8 Å². The van der Waals surface area contributed by atoms with E-state index in [1.54, 1.807) is 54.6 Å². The second kappa shape index (κ2) is 8.51. The molecule has 0 N–H and O–H groups in total. The van der Waals surface area contributed by atoms with E-state index in [0.29, 0.717) is 10.5 Å². The highest BCUT2D eigenvalue weighted by atomic mass is 32.2. The Labute approximate surface area is 143 Å². The standard InChI is InChI=1S/C19H15F3OS/c1-2-23-18(19(20,21)22)17(24-16-11-7-4-8-12-16)14-13-15-9-5-3-6-10-15/h3-12H,2H2,1H3/b18-17+. The molecular weight excluding hydrogens is 333 g/mol. The van der Waals surface area contributed by atoms with E-state index < -0.39 is 11.9 Å². The van der Waals surface area contributed by atoms with Gasteiger partial charge in [-0.1, -0.05) is 60.0 Å². The van der Waals surface area contributed by atoms with Crippen LogP contribution < -0.4 is 0 Å². The van der Waals surface area contributed by atoms with Crippen molar-refractivity contribution in [2.24, 2.45) is 0 Å². The first-order chi connectivity index (χ1) is 11.5. The zero-order valence-corrected chi connectivity index (χ0v) is 13.7. The third-order valence-corrected chi connectivity index (χ3v) is 3.81. The van der Waals surface area contributed by atoms with E-state index in [-0.39, 0.29) is 11.5 Å². The Kier molecular flexibility index (Phi) is 6.39. The zero-order chi connectivity index (χ0) is 17.4. The van der Waals surface area contributed by atoms with Crippen LogP contribution in [0.25, 0.3) is 0 Å². The molecular formula is C19H15F3OS. The molecule has 0 aromatic heterocycles. The molecule has 0 fully saturated rings. The number of alkyl halides is 3. The molecule has 2 rings (SSSR count). The van der Waals surface area contributed by atoms with Gasteiger partial charge in [0.1, 0.15) is 4.91 Å². The highest BCUT2D eigenvalue weighted by molar-refractivity contribution is 8.03. The van der Waals surface area contributed by atoms with E-state index in [4.69, 9.17) is 4.74 Å². The summed E-state index contributed by atoms with van der Waals surface area (Å²) in [6.07, 6.45) is -4.60. The van der Waals surface area contributed by atoms with Crippen molar-refractivity contribution >= 4 is 11.8 Å². The van der Waals surface area contributed by atoms with E-state index in [1.807, 2.05) is 6.07 Å². The second-order valence-corrected chi connectivity index (χ2v) is 5.70. The lowest BCUT2D eigenvalue weighted by molar-refractivity contribution is -0.130. The van der Waals surface area contributed by atoms with Crippen molar-refractivity contribution in [3.05, 3.63) is 76.9 Å². The van der Waals surface area contributed by atoms with Crippen molar-refractivity contribution in [1.82, 2.24) is 0 Å². The Morgan fingerprint density at radius 2 is 1.58 bits per heavy atom. The summed E-state index contributed by atoms with van der Waals surface area (Å²) in [5.41, 5.74) is 0.640. The molecule has 2 aromatic carbocycles. The first kappa shape index (κ1) is 18.0. The average Bonchev–Trinajstić information content (AvgIpc) is 2.57. The van der Waals surface area contributed by atoms with Crippen molar-refractivity contribution in [2.45, 2.75) is 18.0 Å². The lowest BCUT2D eigenvalue weighted by atomic mass is 10.2. The van der Waals surface area contributed by atoms with Gasteiger partial charge in [0.05, 0.1) is 6.61 Å². The fourth-order valence-corrected chi connectivity index (χ4v) is 2.70. The Balaban J connectivity index is 2.46. The topological polar surface area (TPSA) is 9.23 Å². The number of thioether (sulfide) groups is 1. The maximum Gasteiger partial charge on any atom is 0.450 e. The van der Waals surface area contributed by atoms with Crippen molar-refractivity contribution in [3.8, 4) is 11.8 Å². The molecule has 0 saturated heterocycles. The number of ether oxygens (including phenoxy) is 1. The van der Waals surface area contributed by atoms with Crippen LogP contribution in [0, 0.1) is 11.8 Å². The summed E-state index contributed by atoms with van der Waals surface area (Å²) < 4.78 is 44.8. The van der Waals surface area contributed by atoms with Gasteiger partial charge in [0.25, 0.3) is 0 Å². The van der Waals surface area contributed by atoms with Crippen molar-refractivity contribution in [2.75, 3.05) is 6.61 Å². The molecule has 1 nitrogen and oxygen atoms in total. The zero-order valence-electron chi connectivity index (χ0n) is 12.9. The Morgan fingerprint density at radius 3 is 2.12 bits per heavy atom. The van der Waals surface area contributed by atoms with Gasteiger partial charge in [0, 0.05) is 10.5 Å². The normalized spacial score (nSPS) is 12.0. The Hall–Kier alpha value is -2.32. The van der Waals surface area contributed by atoms with Gasteiger partial charge in [0.2, 0.25) is 5.76 Å². The number of benzene rings is 2. The highest BCUT2D eigenvalue weighted by Crippen LogP contribution is 2.36. The van der Waals surface area contributed by atoms with E-state index in [0.717, 1.165) is 11.8 Å². The lowest BCUT2D eigenvalue weighted by Gasteiger charge is -2.14.